The lowest BCUT2D eigenvalue weighted by Crippen LogP contribution is -2.09. The number of carbonyl (C=O) groups excluding carboxylic acids is 1. The summed E-state index contributed by atoms with van der Waals surface area (Å²) in [6.45, 7) is 0. The Morgan fingerprint density at radius 3 is 2.37 bits per heavy atom. The van der Waals surface area contributed by atoms with Crippen molar-refractivity contribution in [2.45, 2.75) is 12.8 Å². The lowest BCUT2D eigenvalue weighted by molar-refractivity contribution is -0.134. The average Bonchev–Trinajstić information content (AvgIpc) is 2.41. The van der Waals surface area contributed by atoms with Crippen molar-refractivity contribution in [3.63, 3.8) is 0 Å². The van der Waals surface area contributed by atoms with Crippen LogP contribution >= 0.6 is 23.2 Å². The molecule has 0 aromatic heterocycles. The predicted molar refractivity (Wildman–Crippen MR) is 76.9 cm³/mol. The van der Waals surface area contributed by atoms with Gasteiger partial charge in [-0.05, 0) is 36.2 Å². The first-order chi connectivity index (χ1) is 9.15. The summed E-state index contributed by atoms with van der Waals surface area (Å²) in [5.74, 6) is 0.0910. The number of ether oxygens (including phenoxy) is 1. The molecule has 0 aliphatic carbocycles. The third-order valence-corrected chi connectivity index (χ3v) is 3.16. The van der Waals surface area contributed by atoms with E-state index in [-0.39, 0.29) is 5.97 Å². The SMILES string of the molecule is O=C(CCc1ccc(Cl)cc1)Oc1ccccc1Cl. The highest BCUT2D eigenvalue weighted by Crippen LogP contribution is 2.23. The molecule has 2 aromatic carbocycles. The third kappa shape index (κ3) is 4.27. The highest BCUT2D eigenvalue weighted by molar-refractivity contribution is 6.32. The van der Waals surface area contributed by atoms with Crippen molar-refractivity contribution in [2.75, 3.05) is 0 Å². The molecule has 0 aliphatic rings. The summed E-state index contributed by atoms with van der Waals surface area (Å²) < 4.78 is 5.19. The van der Waals surface area contributed by atoms with E-state index in [0.29, 0.717) is 28.6 Å². The van der Waals surface area contributed by atoms with Gasteiger partial charge in [-0.25, -0.2) is 0 Å². The average molecular weight is 295 g/mol. The first-order valence-corrected chi connectivity index (χ1v) is 6.60. The van der Waals surface area contributed by atoms with Crippen LogP contribution in [0.4, 0.5) is 0 Å². The minimum atomic E-state index is -0.303. The van der Waals surface area contributed by atoms with Crippen LogP contribution in [0.1, 0.15) is 12.0 Å². The number of para-hydroxylation sites is 1. The molecule has 2 aromatic rings. The number of carbonyl (C=O) groups is 1. The second kappa shape index (κ2) is 6.60. The van der Waals surface area contributed by atoms with Gasteiger partial charge in [-0.1, -0.05) is 47.5 Å². The van der Waals surface area contributed by atoms with E-state index < -0.39 is 0 Å². The molecule has 0 radical (unpaired) electrons. The van der Waals surface area contributed by atoms with Crippen LogP contribution < -0.4 is 4.74 Å². The van der Waals surface area contributed by atoms with Crippen molar-refractivity contribution in [2.24, 2.45) is 0 Å². The number of hydrogen-bond donors (Lipinski definition) is 0. The summed E-state index contributed by atoms with van der Waals surface area (Å²) in [5, 5.41) is 1.12. The fraction of sp³-hybridized carbons (Fsp3) is 0.133. The fourth-order valence-corrected chi connectivity index (χ4v) is 1.90. The molecule has 19 heavy (non-hydrogen) atoms. The highest BCUT2D eigenvalue weighted by Gasteiger charge is 2.08. The van der Waals surface area contributed by atoms with Gasteiger partial charge in [0.1, 0.15) is 5.75 Å². The zero-order valence-corrected chi connectivity index (χ0v) is 11.6. The molecule has 0 bridgehead atoms. The molecule has 0 amide bonds. The molecule has 0 saturated carbocycles. The van der Waals surface area contributed by atoms with Crippen molar-refractivity contribution in [1.82, 2.24) is 0 Å². The van der Waals surface area contributed by atoms with Gasteiger partial charge in [0.15, 0.2) is 0 Å². The van der Waals surface area contributed by atoms with Crippen LogP contribution in [0.15, 0.2) is 48.5 Å². The molecule has 0 saturated heterocycles. The number of benzene rings is 2. The summed E-state index contributed by atoms with van der Waals surface area (Å²) in [6, 6.07) is 14.3. The largest absolute Gasteiger partial charge is 0.425 e. The molecule has 2 rings (SSSR count). The first kappa shape index (κ1) is 13.9. The van der Waals surface area contributed by atoms with Gasteiger partial charge >= 0.3 is 5.97 Å². The number of aryl methyl sites for hydroxylation is 1. The topological polar surface area (TPSA) is 26.3 Å². The molecule has 0 heterocycles. The van der Waals surface area contributed by atoms with Crippen LogP contribution in [-0.2, 0) is 11.2 Å². The molecule has 98 valence electrons. The van der Waals surface area contributed by atoms with E-state index in [9.17, 15) is 4.79 Å². The molecule has 0 N–H and O–H groups in total. The van der Waals surface area contributed by atoms with Gasteiger partial charge in [0.25, 0.3) is 0 Å². The molecule has 0 unspecified atom stereocenters. The lowest BCUT2D eigenvalue weighted by atomic mass is 10.1. The number of hydrogen-bond acceptors (Lipinski definition) is 2. The summed E-state index contributed by atoms with van der Waals surface area (Å²) >= 11 is 11.7. The maximum Gasteiger partial charge on any atom is 0.311 e. The maximum absolute atomic E-state index is 11.7. The normalized spacial score (nSPS) is 10.2. The van der Waals surface area contributed by atoms with Crippen molar-refractivity contribution < 1.29 is 9.53 Å². The molecule has 2 nitrogen and oxygen atoms in total. The minimum absolute atomic E-state index is 0.298. The summed E-state index contributed by atoms with van der Waals surface area (Å²) in [5.41, 5.74) is 1.04. The van der Waals surface area contributed by atoms with Crippen LogP contribution in [0.2, 0.25) is 10.0 Å². The van der Waals surface area contributed by atoms with E-state index in [4.69, 9.17) is 27.9 Å². The summed E-state index contributed by atoms with van der Waals surface area (Å²) in [4.78, 5) is 11.7. The molecule has 0 atom stereocenters. The monoisotopic (exact) mass is 294 g/mol. The Hall–Kier alpha value is -1.51. The Balaban J connectivity index is 1.88. The third-order valence-electron chi connectivity index (χ3n) is 2.59. The Morgan fingerprint density at radius 1 is 1.00 bits per heavy atom. The van der Waals surface area contributed by atoms with E-state index in [1.165, 1.54) is 0 Å². The van der Waals surface area contributed by atoms with Crippen LogP contribution in [-0.4, -0.2) is 5.97 Å². The number of rotatable bonds is 4. The van der Waals surface area contributed by atoms with E-state index in [0.717, 1.165) is 5.56 Å². The smallest absolute Gasteiger partial charge is 0.311 e. The van der Waals surface area contributed by atoms with Crippen LogP contribution in [0.3, 0.4) is 0 Å². The molecule has 0 aliphatic heterocycles. The molecular formula is C15H12Cl2O2. The zero-order valence-electron chi connectivity index (χ0n) is 10.1. The molecule has 0 spiro atoms. The van der Waals surface area contributed by atoms with E-state index >= 15 is 0 Å². The standard InChI is InChI=1S/C15H12Cl2O2/c16-12-8-5-11(6-9-12)7-10-15(18)19-14-4-2-1-3-13(14)17/h1-6,8-9H,7,10H2. The lowest BCUT2D eigenvalue weighted by Gasteiger charge is -2.06. The van der Waals surface area contributed by atoms with Gasteiger partial charge in [-0.15, -0.1) is 0 Å². The Kier molecular flexibility index (Phi) is 4.83. The van der Waals surface area contributed by atoms with Gasteiger partial charge < -0.3 is 4.74 Å². The molecule has 4 heteroatoms. The van der Waals surface area contributed by atoms with Crippen molar-refractivity contribution in [3.8, 4) is 5.75 Å². The van der Waals surface area contributed by atoms with Gasteiger partial charge in [-0.3, -0.25) is 4.79 Å². The van der Waals surface area contributed by atoms with Crippen molar-refractivity contribution >= 4 is 29.2 Å². The quantitative estimate of drug-likeness (QED) is 0.612. The van der Waals surface area contributed by atoms with Gasteiger partial charge in [0.2, 0.25) is 0 Å². The van der Waals surface area contributed by atoms with Crippen LogP contribution in [0.25, 0.3) is 0 Å². The molecule has 0 fully saturated rings. The van der Waals surface area contributed by atoms with E-state index in [1.54, 1.807) is 36.4 Å². The second-order valence-corrected chi connectivity index (χ2v) is 4.87. The van der Waals surface area contributed by atoms with Crippen molar-refractivity contribution in [1.29, 1.82) is 0 Å². The van der Waals surface area contributed by atoms with E-state index in [2.05, 4.69) is 0 Å². The fourth-order valence-electron chi connectivity index (χ4n) is 1.60. The van der Waals surface area contributed by atoms with E-state index in [1.807, 2.05) is 12.1 Å². The second-order valence-electron chi connectivity index (χ2n) is 4.03. The van der Waals surface area contributed by atoms with Crippen LogP contribution in [0, 0.1) is 0 Å². The maximum atomic E-state index is 11.7. The number of halogens is 2. The predicted octanol–water partition coefficient (Wildman–Crippen LogP) is 4.53. The summed E-state index contributed by atoms with van der Waals surface area (Å²) in [7, 11) is 0. The zero-order chi connectivity index (χ0) is 13.7. The first-order valence-electron chi connectivity index (χ1n) is 5.85. The highest BCUT2D eigenvalue weighted by atomic mass is 35.5. The number of esters is 1. The Morgan fingerprint density at radius 2 is 1.68 bits per heavy atom. The van der Waals surface area contributed by atoms with Crippen molar-refractivity contribution in [3.05, 3.63) is 64.1 Å². The van der Waals surface area contributed by atoms with Crippen LogP contribution in [0.5, 0.6) is 5.75 Å². The van der Waals surface area contributed by atoms with Gasteiger partial charge in [0, 0.05) is 11.4 Å². The minimum Gasteiger partial charge on any atom is -0.425 e. The Labute approximate surface area is 121 Å². The summed E-state index contributed by atoms with van der Waals surface area (Å²) in [6.07, 6.45) is 0.910. The van der Waals surface area contributed by atoms with Gasteiger partial charge in [-0.2, -0.15) is 0 Å². The van der Waals surface area contributed by atoms with Gasteiger partial charge in [0.05, 0.1) is 5.02 Å². The Bertz CT molecular complexity index is 565. The molecular weight excluding hydrogens is 283 g/mol.